The third kappa shape index (κ3) is 4.24. The molecule has 6 nitrogen and oxygen atoms in total. The molecule has 4 rings (SSSR count). The molecular formula is C22H24ClNO5. The van der Waals surface area contributed by atoms with Crippen LogP contribution >= 0.6 is 12.4 Å². The lowest BCUT2D eigenvalue weighted by Crippen LogP contribution is -2.26. The molecule has 0 amide bonds. The standard InChI is InChI=1S/C22H23NO5.ClH/c23-13-8-10-14(11-9-13)27-12-18(24)21(25)17-6-3-7-19-20(17)15-4-1-2-5-16(15)22(26)28-19;/h3,6-11,18,21,24-25H,1-2,4-5,12,23H2;1H. The molecule has 0 saturated heterocycles. The molecule has 2 unspecified atom stereocenters. The minimum atomic E-state index is -1.17. The number of aliphatic hydroxyl groups excluding tert-OH is 2. The maximum Gasteiger partial charge on any atom is 0.339 e. The lowest BCUT2D eigenvalue weighted by Gasteiger charge is -2.23. The second-order valence-corrected chi connectivity index (χ2v) is 7.17. The van der Waals surface area contributed by atoms with Crippen molar-refractivity contribution in [1.82, 2.24) is 0 Å². The van der Waals surface area contributed by atoms with E-state index in [-0.39, 0.29) is 24.6 Å². The Morgan fingerprint density at radius 2 is 1.72 bits per heavy atom. The Balaban J connectivity index is 0.00000240. The van der Waals surface area contributed by atoms with Crippen LogP contribution in [0.5, 0.6) is 5.75 Å². The number of halogens is 1. The topological polar surface area (TPSA) is 106 Å². The van der Waals surface area contributed by atoms with E-state index in [4.69, 9.17) is 14.9 Å². The van der Waals surface area contributed by atoms with E-state index in [1.165, 1.54) is 0 Å². The average molecular weight is 418 g/mol. The average Bonchev–Trinajstić information content (AvgIpc) is 2.72. The van der Waals surface area contributed by atoms with E-state index < -0.39 is 12.2 Å². The zero-order chi connectivity index (χ0) is 19.7. The normalized spacial score (nSPS) is 15.2. The van der Waals surface area contributed by atoms with Crippen LogP contribution in [0.3, 0.4) is 0 Å². The first kappa shape index (κ1) is 21.2. The van der Waals surface area contributed by atoms with Gasteiger partial charge < -0.3 is 25.1 Å². The van der Waals surface area contributed by atoms with Gasteiger partial charge in [0.25, 0.3) is 0 Å². The van der Waals surface area contributed by atoms with Crippen LogP contribution in [0.2, 0.25) is 0 Å². The highest BCUT2D eigenvalue weighted by atomic mass is 35.5. The Morgan fingerprint density at radius 3 is 2.45 bits per heavy atom. The van der Waals surface area contributed by atoms with Crippen molar-refractivity contribution in [2.75, 3.05) is 12.3 Å². The summed E-state index contributed by atoms with van der Waals surface area (Å²) in [5.74, 6) is 0.557. The molecule has 1 aliphatic carbocycles. The largest absolute Gasteiger partial charge is 0.491 e. The first-order valence-corrected chi connectivity index (χ1v) is 9.46. The van der Waals surface area contributed by atoms with Crippen molar-refractivity contribution in [1.29, 1.82) is 0 Å². The van der Waals surface area contributed by atoms with Gasteiger partial charge in [0, 0.05) is 16.6 Å². The summed E-state index contributed by atoms with van der Waals surface area (Å²) in [5, 5.41) is 22.1. The Kier molecular flexibility index (Phi) is 6.47. The number of nitrogens with two attached hydrogens (primary N) is 1. The van der Waals surface area contributed by atoms with Crippen LogP contribution in [0.4, 0.5) is 5.69 Å². The fourth-order valence-corrected chi connectivity index (χ4v) is 3.81. The summed E-state index contributed by atoms with van der Waals surface area (Å²) in [5.41, 5.74) is 8.57. The number of hydrogen-bond donors (Lipinski definition) is 3. The number of anilines is 1. The zero-order valence-electron chi connectivity index (χ0n) is 15.8. The number of fused-ring (bicyclic) bond motifs is 3. The quantitative estimate of drug-likeness (QED) is 0.435. The Labute approximate surface area is 174 Å². The van der Waals surface area contributed by atoms with Gasteiger partial charge in [0.1, 0.15) is 30.1 Å². The van der Waals surface area contributed by atoms with Crippen molar-refractivity contribution < 1.29 is 19.4 Å². The zero-order valence-corrected chi connectivity index (χ0v) is 16.7. The third-order valence-corrected chi connectivity index (χ3v) is 5.26. The van der Waals surface area contributed by atoms with E-state index in [1.54, 1.807) is 42.5 Å². The van der Waals surface area contributed by atoms with Gasteiger partial charge in [0.05, 0.1) is 0 Å². The van der Waals surface area contributed by atoms with Gasteiger partial charge >= 0.3 is 5.63 Å². The SMILES string of the molecule is Cl.Nc1ccc(OCC(O)C(O)c2cccc3oc(=O)c4c(c23)CCCC4)cc1. The van der Waals surface area contributed by atoms with Gasteiger partial charge in [-0.2, -0.15) is 0 Å². The van der Waals surface area contributed by atoms with Crippen LogP contribution in [-0.4, -0.2) is 22.9 Å². The van der Waals surface area contributed by atoms with Crippen LogP contribution in [0, 0.1) is 0 Å². The second kappa shape index (κ2) is 8.86. The molecule has 154 valence electrons. The number of nitrogen functional groups attached to an aromatic ring is 1. The lowest BCUT2D eigenvalue weighted by atomic mass is 9.87. The number of hydrogen-bond acceptors (Lipinski definition) is 6. The summed E-state index contributed by atoms with van der Waals surface area (Å²) < 4.78 is 11.0. The second-order valence-electron chi connectivity index (χ2n) is 7.17. The van der Waals surface area contributed by atoms with Gasteiger partial charge in [0.15, 0.2) is 0 Å². The minimum Gasteiger partial charge on any atom is -0.491 e. The summed E-state index contributed by atoms with van der Waals surface area (Å²) in [4.78, 5) is 12.3. The molecule has 0 saturated carbocycles. The summed E-state index contributed by atoms with van der Waals surface area (Å²) >= 11 is 0. The number of rotatable bonds is 5. The molecule has 7 heteroatoms. The molecule has 0 fully saturated rings. The highest BCUT2D eigenvalue weighted by Crippen LogP contribution is 2.33. The molecule has 3 aromatic rings. The molecular weight excluding hydrogens is 394 g/mol. The van der Waals surface area contributed by atoms with Gasteiger partial charge in [-0.3, -0.25) is 0 Å². The third-order valence-electron chi connectivity index (χ3n) is 5.26. The molecule has 0 bridgehead atoms. The van der Waals surface area contributed by atoms with E-state index in [1.807, 2.05) is 0 Å². The first-order chi connectivity index (χ1) is 13.5. The number of aryl methyl sites for hydroxylation is 1. The summed E-state index contributed by atoms with van der Waals surface area (Å²) in [6, 6.07) is 12.0. The van der Waals surface area contributed by atoms with Crippen molar-refractivity contribution in [3.8, 4) is 5.75 Å². The summed E-state index contributed by atoms with van der Waals surface area (Å²) in [7, 11) is 0. The maximum absolute atomic E-state index is 12.3. The van der Waals surface area contributed by atoms with Crippen LogP contribution in [0.25, 0.3) is 11.0 Å². The maximum atomic E-state index is 12.3. The van der Waals surface area contributed by atoms with Crippen LogP contribution < -0.4 is 16.1 Å². The summed E-state index contributed by atoms with van der Waals surface area (Å²) in [6.07, 6.45) is 1.07. The van der Waals surface area contributed by atoms with E-state index in [0.29, 0.717) is 34.6 Å². The monoisotopic (exact) mass is 417 g/mol. The molecule has 0 radical (unpaired) electrons. The van der Waals surface area contributed by atoms with Crippen molar-refractivity contribution in [3.05, 3.63) is 69.6 Å². The fraction of sp³-hybridized carbons (Fsp3) is 0.318. The fourth-order valence-electron chi connectivity index (χ4n) is 3.81. The van der Waals surface area contributed by atoms with Crippen molar-refractivity contribution in [2.24, 2.45) is 0 Å². The number of ether oxygens (including phenoxy) is 1. The molecule has 0 aliphatic heterocycles. The molecule has 2 atom stereocenters. The molecule has 29 heavy (non-hydrogen) atoms. The lowest BCUT2D eigenvalue weighted by molar-refractivity contribution is -0.00832. The van der Waals surface area contributed by atoms with Gasteiger partial charge in [-0.25, -0.2) is 4.79 Å². The smallest absolute Gasteiger partial charge is 0.339 e. The van der Waals surface area contributed by atoms with Crippen LogP contribution in [0.1, 0.15) is 35.6 Å². The molecule has 0 spiro atoms. The molecule has 4 N–H and O–H groups in total. The van der Waals surface area contributed by atoms with E-state index in [2.05, 4.69) is 0 Å². The Morgan fingerprint density at radius 1 is 1.03 bits per heavy atom. The van der Waals surface area contributed by atoms with Crippen molar-refractivity contribution in [2.45, 2.75) is 37.9 Å². The van der Waals surface area contributed by atoms with Crippen molar-refractivity contribution in [3.63, 3.8) is 0 Å². The summed E-state index contributed by atoms with van der Waals surface area (Å²) in [6.45, 7) is -0.0829. The van der Waals surface area contributed by atoms with Crippen molar-refractivity contribution >= 4 is 29.1 Å². The molecule has 2 aromatic carbocycles. The Bertz CT molecular complexity index is 1050. The molecule has 1 heterocycles. The number of benzene rings is 2. The molecule has 1 aromatic heterocycles. The van der Waals surface area contributed by atoms with Gasteiger partial charge in [-0.15, -0.1) is 12.4 Å². The van der Waals surface area contributed by atoms with E-state index in [9.17, 15) is 15.0 Å². The van der Waals surface area contributed by atoms with Crippen LogP contribution in [-0.2, 0) is 12.8 Å². The van der Waals surface area contributed by atoms with Crippen LogP contribution in [0.15, 0.2) is 51.7 Å². The Hall–Kier alpha value is -2.54. The highest BCUT2D eigenvalue weighted by molar-refractivity contribution is 5.86. The minimum absolute atomic E-state index is 0. The van der Waals surface area contributed by atoms with Gasteiger partial charge in [0.2, 0.25) is 0 Å². The van der Waals surface area contributed by atoms with E-state index >= 15 is 0 Å². The predicted octanol–water partition coefficient (Wildman–Crippen LogP) is 3.15. The highest BCUT2D eigenvalue weighted by Gasteiger charge is 2.26. The van der Waals surface area contributed by atoms with Gasteiger partial charge in [-0.1, -0.05) is 12.1 Å². The number of aliphatic hydroxyl groups is 2. The molecule has 1 aliphatic rings. The first-order valence-electron chi connectivity index (χ1n) is 9.46. The predicted molar refractivity (Wildman–Crippen MR) is 114 cm³/mol. The van der Waals surface area contributed by atoms with Gasteiger partial charge in [-0.05, 0) is 67.1 Å². The van der Waals surface area contributed by atoms with E-state index in [0.717, 1.165) is 30.2 Å².